The molecule has 1 aliphatic heterocycles. The number of nitrogens with one attached hydrogen (secondary N) is 1. The van der Waals surface area contributed by atoms with Crippen molar-refractivity contribution in [3.63, 3.8) is 0 Å². The zero-order valence-electron chi connectivity index (χ0n) is 13.2. The number of likely N-dealkylation sites (tertiary alicyclic amines) is 1. The molecule has 20 heavy (non-hydrogen) atoms. The highest BCUT2D eigenvalue weighted by Gasteiger charge is 2.40. The van der Waals surface area contributed by atoms with Gasteiger partial charge >= 0.3 is 0 Å². The van der Waals surface area contributed by atoms with E-state index in [2.05, 4.69) is 49.3 Å². The highest BCUT2D eigenvalue weighted by molar-refractivity contribution is 5.34. The summed E-state index contributed by atoms with van der Waals surface area (Å²) < 4.78 is 0. The second kappa shape index (κ2) is 5.87. The first-order valence-corrected chi connectivity index (χ1v) is 8.18. The summed E-state index contributed by atoms with van der Waals surface area (Å²) in [5, 5.41) is 3.42. The minimum atomic E-state index is 0.629. The lowest BCUT2D eigenvalue weighted by atomic mass is 9.82. The number of aryl methyl sites for hydroxylation is 2. The molecule has 2 unspecified atom stereocenters. The van der Waals surface area contributed by atoms with Crippen molar-refractivity contribution in [2.24, 2.45) is 5.92 Å². The van der Waals surface area contributed by atoms with Crippen molar-refractivity contribution in [2.75, 3.05) is 20.1 Å². The van der Waals surface area contributed by atoms with Crippen LogP contribution < -0.4 is 5.32 Å². The molecular formula is C18H28N2. The van der Waals surface area contributed by atoms with E-state index in [1.165, 1.54) is 43.4 Å². The van der Waals surface area contributed by atoms with Crippen LogP contribution in [-0.4, -0.2) is 31.1 Å². The molecule has 1 aliphatic carbocycles. The van der Waals surface area contributed by atoms with Crippen LogP contribution in [-0.2, 0) is 0 Å². The summed E-state index contributed by atoms with van der Waals surface area (Å²) in [6.45, 7) is 6.92. The van der Waals surface area contributed by atoms with Gasteiger partial charge in [0.2, 0.25) is 0 Å². The summed E-state index contributed by atoms with van der Waals surface area (Å²) in [6, 6.07) is 8.52. The Morgan fingerprint density at radius 2 is 2.00 bits per heavy atom. The van der Waals surface area contributed by atoms with Crippen molar-refractivity contribution >= 4 is 0 Å². The number of benzene rings is 1. The number of rotatable bonds is 4. The standard InChI is InChI=1S/C18H28N2/c1-13-6-9-17(14(2)11-13)18-15(12-19-3)5-4-10-20(18)16-7-8-16/h6,9,11,15-16,18-19H,4-5,7-8,10,12H2,1-3H3. The number of nitrogens with zero attached hydrogens (tertiary/aromatic N) is 1. The summed E-state index contributed by atoms with van der Waals surface area (Å²) in [7, 11) is 2.09. The van der Waals surface area contributed by atoms with Gasteiger partial charge in [0.15, 0.2) is 0 Å². The lowest BCUT2D eigenvalue weighted by Gasteiger charge is -2.42. The Hall–Kier alpha value is -0.860. The molecule has 2 nitrogen and oxygen atoms in total. The van der Waals surface area contributed by atoms with Gasteiger partial charge < -0.3 is 5.32 Å². The van der Waals surface area contributed by atoms with Crippen LogP contribution in [0.2, 0.25) is 0 Å². The zero-order valence-corrected chi connectivity index (χ0v) is 13.2. The van der Waals surface area contributed by atoms with E-state index >= 15 is 0 Å². The summed E-state index contributed by atoms with van der Waals surface area (Å²) in [5.41, 5.74) is 4.43. The van der Waals surface area contributed by atoms with Gasteiger partial charge in [-0.25, -0.2) is 0 Å². The molecule has 1 saturated carbocycles. The highest BCUT2D eigenvalue weighted by atomic mass is 15.2. The second-order valence-corrected chi connectivity index (χ2v) is 6.73. The van der Waals surface area contributed by atoms with Gasteiger partial charge in [-0.2, -0.15) is 0 Å². The number of hydrogen-bond acceptors (Lipinski definition) is 2. The molecule has 0 aromatic heterocycles. The number of piperidine rings is 1. The minimum absolute atomic E-state index is 0.629. The molecule has 2 fully saturated rings. The van der Waals surface area contributed by atoms with Crippen molar-refractivity contribution in [2.45, 2.75) is 51.6 Å². The van der Waals surface area contributed by atoms with E-state index in [9.17, 15) is 0 Å². The monoisotopic (exact) mass is 272 g/mol. The van der Waals surface area contributed by atoms with Gasteiger partial charge in [0.05, 0.1) is 0 Å². The molecule has 0 bridgehead atoms. The third-order valence-corrected chi connectivity index (χ3v) is 5.02. The fraction of sp³-hybridized carbons (Fsp3) is 0.667. The van der Waals surface area contributed by atoms with Crippen molar-refractivity contribution in [1.29, 1.82) is 0 Å². The van der Waals surface area contributed by atoms with Crippen LogP contribution in [0.5, 0.6) is 0 Å². The average molecular weight is 272 g/mol. The Kier molecular flexibility index (Phi) is 4.13. The van der Waals surface area contributed by atoms with E-state index in [4.69, 9.17) is 0 Å². The molecule has 0 radical (unpaired) electrons. The first-order chi connectivity index (χ1) is 9.70. The van der Waals surface area contributed by atoms with Gasteiger partial charge in [-0.1, -0.05) is 23.8 Å². The van der Waals surface area contributed by atoms with Crippen LogP contribution in [0.25, 0.3) is 0 Å². The SMILES string of the molecule is CNCC1CCCN(C2CC2)C1c1ccc(C)cc1C. The molecule has 0 spiro atoms. The molecule has 2 heteroatoms. The largest absolute Gasteiger partial charge is 0.319 e. The number of hydrogen-bond donors (Lipinski definition) is 1. The molecule has 0 amide bonds. The molecule has 2 aliphatic rings. The Labute approximate surface area is 123 Å². The van der Waals surface area contributed by atoms with Gasteiger partial charge in [0, 0.05) is 12.1 Å². The smallest absolute Gasteiger partial charge is 0.0393 e. The lowest BCUT2D eigenvalue weighted by Crippen LogP contribution is -2.43. The van der Waals surface area contributed by atoms with Gasteiger partial charge in [-0.15, -0.1) is 0 Å². The molecule has 3 rings (SSSR count). The average Bonchev–Trinajstić information content (AvgIpc) is 3.24. The minimum Gasteiger partial charge on any atom is -0.319 e. The van der Waals surface area contributed by atoms with Gasteiger partial charge in [-0.05, 0) is 76.7 Å². The van der Waals surface area contributed by atoms with Crippen LogP contribution in [0.3, 0.4) is 0 Å². The van der Waals surface area contributed by atoms with E-state index in [1.54, 1.807) is 5.56 Å². The quantitative estimate of drug-likeness (QED) is 0.903. The molecule has 1 saturated heterocycles. The van der Waals surface area contributed by atoms with Crippen LogP contribution >= 0.6 is 0 Å². The molecule has 1 heterocycles. The normalized spacial score (nSPS) is 27.8. The van der Waals surface area contributed by atoms with E-state index in [1.807, 2.05) is 0 Å². The van der Waals surface area contributed by atoms with Crippen LogP contribution in [0.15, 0.2) is 18.2 Å². The fourth-order valence-electron chi connectivity index (χ4n) is 3.99. The molecule has 1 aromatic rings. The van der Waals surface area contributed by atoms with Crippen LogP contribution in [0.4, 0.5) is 0 Å². The predicted octanol–water partition coefficient (Wildman–Crippen LogP) is 3.44. The van der Waals surface area contributed by atoms with Crippen molar-refractivity contribution < 1.29 is 0 Å². The first kappa shape index (κ1) is 14.1. The van der Waals surface area contributed by atoms with E-state index in [0.717, 1.165) is 18.5 Å². The Balaban J connectivity index is 1.93. The molecule has 1 N–H and O–H groups in total. The second-order valence-electron chi connectivity index (χ2n) is 6.73. The maximum absolute atomic E-state index is 3.42. The third kappa shape index (κ3) is 2.77. The summed E-state index contributed by atoms with van der Waals surface area (Å²) >= 11 is 0. The Morgan fingerprint density at radius 3 is 2.65 bits per heavy atom. The summed E-state index contributed by atoms with van der Waals surface area (Å²) in [6.07, 6.45) is 5.55. The Morgan fingerprint density at radius 1 is 1.20 bits per heavy atom. The molecular weight excluding hydrogens is 244 g/mol. The van der Waals surface area contributed by atoms with Crippen molar-refractivity contribution in [3.05, 3.63) is 34.9 Å². The van der Waals surface area contributed by atoms with Crippen molar-refractivity contribution in [1.82, 2.24) is 10.2 Å². The third-order valence-electron chi connectivity index (χ3n) is 5.02. The van der Waals surface area contributed by atoms with Crippen LogP contribution in [0, 0.1) is 19.8 Å². The molecule has 110 valence electrons. The van der Waals surface area contributed by atoms with E-state index in [0.29, 0.717) is 6.04 Å². The van der Waals surface area contributed by atoms with Crippen molar-refractivity contribution in [3.8, 4) is 0 Å². The van der Waals surface area contributed by atoms with Gasteiger partial charge in [-0.3, -0.25) is 4.90 Å². The highest BCUT2D eigenvalue weighted by Crippen LogP contribution is 2.43. The first-order valence-electron chi connectivity index (χ1n) is 8.18. The Bertz CT molecular complexity index is 462. The maximum Gasteiger partial charge on any atom is 0.0393 e. The van der Waals surface area contributed by atoms with Gasteiger partial charge in [0.25, 0.3) is 0 Å². The van der Waals surface area contributed by atoms with Gasteiger partial charge in [0.1, 0.15) is 0 Å². The predicted molar refractivity (Wildman–Crippen MR) is 85.0 cm³/mol. The molecule has 2 atom stereocenters. The van der Waals surface area contributed by atoms with Crippen LogP contribution in [0.1, 0.15) is 48.4 Å². The van der Waals surface area contributed by atoms with E-state index < -0.39 is 0 Å². The maximum atomic E-state index is 3.42. The van der Waals surface area contributed by atoms with E-state index in [-0.39, 0.29) is 0 Å². The molecule has 1 aromatic carbocycles. The lowest BCUT2D eigenvalue weighted by molar-refractivity contribution is 0.0841. The summed E-state index contributed by atoms with van der Waals surface area (Å²) in [5.74, 6) is 0.760. The summed E-state index contributed by atoms with van der Waals surface area (Å²) in [4.78, 5) is 2.81. The zero-order chi connectivity index (χ0) is 14.1. The topological polar surface area (TPSA) is 15.3 Å². The fourth-order valence-corrected chi connectivity index (χ4v) is 3.99.